The Kier molecular flexibility index (Phi) is 4.41. The number of hydrogen-bond donors (Lipinski definition) is 1. The summed E-state index contributed by atoms with van der Waals surface area (Å²) in [5.74, 6) is 0.321. The standard InChI is InChI=1S/C13H13NO5S/c1-17-9-3-5-14-8(11(9)18-2)7-19-10-4-6-20-12(10)13(15)16/h3-6H,7H2,1-2H3,(H,15,16). The number of ether oxygens (including phenoxy) is 3. The van der Waals surface area contributed by atoms with Crippen molar-refractivity contribution in [3.8, 4) is 17.2 Å². The molecule has 0 amide bonds. The van der Waals surface area contributed by atoms with Crippen molar-refractivity contribution in [1.82, 2.24) is 4.98 Å². The highest BCUT2D eigenvalue weighted by Gasteiger charge is 2.16. The van der Waals surface area contributed by atoms with Crippen molar-refractivity contribution in [1.29, 1.82) is 0 Å². The zero-order valence-corrected chi connectivity index (χ0v) is 11.8. The fourth-order valence-electron chi connectivity index (χ4n) is 1.67. The van der Waals surface area contributed by atoms with Gasteiger partial charge in [0, 0.05) is 12.3 Å². The number of aromatic nitrogens is 1. The lowest BCUT2D eigenvalue weighted by Gasteiger charge is -2.12. The minimum Gasteiger partial charge on any atom is -0.493 e. The molecule has 0 saturated carbocycles. The molecular formula is C13H13NO5S. The van der Waals surface area contributed by atoms with Crippen LogP contribution in [0.15, 0.2) is 23.7 Å². The average molecular weight is 295 g/mol. The molecule has 0 aromatic carbocycles. The van der Waals surface area contributed by atoms with Crippen molar-refractivity contribution in [3.63, 3.8) is 0 Å². The van der Waals surface area contributed by atoms with Gasteiger partial charge in [0.25, 0.3) is 0 Å². The molecule has 0 spiro atoms. The fraction of sp³-hybridized carbons (Fsp3) is 0.231. The topological polar surface area (TPSA) is 77.9 Å². The number of methoxy groups -OCH3 is 2. The highest BCUT2D eigenvalue weighted by atomic mass is 32.1. The number of pyridine rings is 1. The van der Waals surface area contributed by atoms with E-state index in [1.54, 1.807) is 23.7 Å². The van der Waals surface area contributed by atoms with E-state index in [-0.39, 0.29) is 11.5 Å². The maximum Gasteiger partial charge on any atom is 0.349 e. The smallest absolute Gasteiger partial charge is 0.349 e. The summed E-state index contributed by atoms with van der Waals surface area (Å²) in [6, 6.07) is 3.29. The molecule has 2 aromatic rings. The summed E-state index contributed by atoms with van der Waals surface area (Å²) in [5.41, 5.74) is 0.536. The van der Waals surface area contributed by atoms with Crippen molar-refractivity contribution in [3.05, 3.63) is 34.3 Å². The SMILES string of the molecule is COc1ccnc(COc2ccsc2C(=O)O)c1OC. The lowest BCUT2D eigenvalue weighted by Crippen LogP contribution is -2.04. The monoisotopic (exact) mass is 295 g/mol. The first-order valence-electron chi connectivity index (χ1n) is 5.66. The molecule has 0 radical (unpaired) electrons. The molecule has 0 fully saturated rings. The van der Waals surface area contributed by atoms with Crippen LogP contribution in [0, 0.1) is 0 Å². The van der Waals surface area contributed by atoms with Gasteiger partial charge >= 0.3 is 5.97 Å². The van der Waals surface area contributed by atoms with E-state index >= 15 is 0 Å². The molecule has 6 nitrogen and oxygen atoms in total. The van der Waals surface area contributed by atoms with E-state index in [1.165, 1.54) is 14.2 Å². The van der Waals surface area contributed by atoms with Gasteiger partial charge in [-0.3, -0.25) is 4.98 Å². The predicted octanol–water partition coefficient (Wildman–Crippen LogP) is 2.44. The van der Waals surface area contributed by atoms with Crippen LogP contribution in [0.3, 0.4) is 0 Å². The number of nitrogens with zero attached hydrogens (tertiary/aromatic N) is 1. The van der Waals surface area contributed by atoms with Gasteiger partial charge in [-0.25, -0.2) is 4.79 Å². The number of hydrogen-bond acceptors (Lipinski definition) is 6. The Balaban J connectivity index is 2.19. The van der Waals surface area contributed by atoms with E-state index in [1.807, 2.05) is 0 Å². The lowest BCUT2D eigenvalue weighted by molar-refractivity contribution is 0.0697. The molecular weight excluding hydrogens is 282 g/mol. The first kappa shape index (κ1) is 14.1. The van der Waals surface area contributed by atoms with Gasteiger partial charge < -0.3 is 19.3 Å². The van der Waals surface area contributed by atoms with E-state index in [0.717, 1.165) is 11.3 Å². The van der Waals surface area contributed by atoms with Crippen LogP contribution in [0.25, 0.3) is 0 Å². The summed E-state index contributed by atoms with van der Waals surface area (Å²) in [5, 5.41) is 10.7. The molecule has 0 aliphatic rings. The number of carbonyl (C=O) groups is 1. The van der Waals surface area contributed by atoms with E-state index in [0.29, 0.717) is 22.9 Å². The van der Waals surface area contributed by atoms with Gasteiger partial charge in [-0.1, -0.05) is 0 Å². The summed E-state index contributed by atoms with van der Waals surface area (Å²) < 4.78 is 15.9. The molecule has 0 aliphatic carbocycles. The third-order valence-corrected chi connectivity index (χ3v) is 3.44. The summed E-state index contributed by atoms with van der Waals surface area (Å²) >= 11 is 1.11. The Morgan fingerprint density at radius 1 is 1.30 bits per heavy atom. The molecule has 1 N–H and O–H groups in total. The average Bonchev–Trinajstić information content (AvgIpc) is 2.93. The van der Waals surface area contributed by atoms with Crippen LogP contribution in [0.4, 0.5) is 0 Å². The maximum absolute atomic E-state index is 11.0. The van der Waals surface area contributed by atoms with Gasteiger partial charge in [-0.15, -0.1) is 11.3 Å². The van der Waals surface area contributed by atoms with E-state index in [4.69, 9.17) is 19.3 Å². The maximum atomic E-state index is 11.0. The summed E-state index contributed by atoms with van der Waals surface area (Å²) in [6.45, 7) is 0.0946. The van der Waals surface area contributed by atoms with Crippen molar-refractivity contribution < 1.29 is 24.1 Å². The number of carboxylic acids is 1. The normalized spacial score (nSPS) is 10.1. The lowest BCUT2D eigenvalue weighted by atomic mass is 10.3. The van der Waals surface area contributed by atoms with Gasteiger partial charge in [0.1, 0.15) is 18.1 Å². The molecule has 0 atom stereocenters. The van der Waals surface area contributed by atoms with Gasteiger partial charge in [0.05, 0.1) is 14.2 Å². The molecule has 7 heteroatoms. The van der Waals surface area contributed by atoms with Crippen LogP contribution >= 0.6 is 11.3 Å². The zero-order chi connectivity index (χ0) is 14.5. The Bertz CT molecular complexity index is 611. The molecule has 106 valence electrons. The predicted molar refractivity (Wildman–Crippen MR) is 73.0 cm³/mol. The molecule has 2 rings (SSSR count). The van der Waals surface area contributed by atoms with Crippen LogP contribution in [0.5, 0.6) is 17.2 Å². The number of carboxylic acid groups (broad SMARTS) is 1. The fourth-order valence-corrected chi connectivity index (χ4v) is 2.34. The van der Waals surface area contributed by atoms with Gasteiger partial charge in [0.15, 0.2) is 16.4 Å². The van der Waals surface area contributed by atoms with Gasteiger partial charge in [-0.2, -0.15) is 0 Å². The second-order valence-electron chi connectivity index (χ2n) is 3.70. The quantitative estimate of drug-likeness (QED) is 0.882. The molecule has 0 bridgehead atoms. The van der Waals surface area contributed by atoms with E-state index in [9.17, 15) is 4.79 Å². The van der Waals surface area contributed by atoms with Crippen LogP contribution in [0.1, 0.15) is 15.4 Å². The Labute approximate surface area is 119 Å². The molecule has 20 heavy (non-hydrogen) atoms. The Morgan fingerprint density at radius 2 is 2.10 bits per heavy atom. The van der Waals surface area contributed by atoms with Crippen molar-refractivity contribution >= 4 is 17.3 Å². The first-order valence-corrected chi connectivity index (χ1v) is 6.54. The zero-order valence-electron chi connectivity index (χ0n) is 11.0. The Morgan fingerprint density at radius 3 is 2.75 bits per heavy atom. The molecule has 2 heterocycles. The highest BCUT2D eigenvalue weighted by molar-refractivity contribution is 7.12. The molecule has 0 saturated heterocycles. The minimum absolute atomic E-state index is 0.0946. The van der Waals surface area contributed by atoms with Crippen LogP contribution in [0.2, 0.25) is 0 Å². The summed E-state index contributed by atoms with van der Waals surface area (Å²) in [6.07, 6.45) is 1.58. The van der Waals surface area contributed by atoms with Gasteiger partial charge in [-0.05, 0) is 11.4 Å². The number of rotatable bonds is 6. The van der Waals surface area contributed by atoms with Crippen LogP contribution in [-0.2, 0) is 6.61 Å². The van der Waals surface area contributed by atoms with Crippen molar-refractivity contribution in [2.45, 2.75) is 6.61 Å². The Hall–Kier alpha value is -2.28. The second kappa shape index (κ2) is 6.25. The molecule has 0 unspecified atom stereocenters. The van der Waals surface area contributed by atoms with Gasteiger partial charge in [0.2, 0.25) is 0 Å². The van der Waals surface area contributed by atoms with Crippen LogP contribution < -0.4 is 14.2 Å². The molecule has 2 aromatic heterocycles. The van der Waals surface area contributed by atoms with Crippen LogP contribution in [-0.4, -0.2) is 30.3 Å². The molecule has 0 aliphatic heterocycles. The van der Waals surface area contributed by atoms with Crippen molar-refractivity contribution in [2.24, 2.45) is 0 Å². The summed E-state index contributed by atoms with van der Waals surface area (Å²) in [7, 11) is 3.04. The minimum atomic E-state index is -1.01. The third-order valence-electron chi connectivity index (χ3n) is 2.55. The summed E-state index contributed by atoms with van der Waals surface area (Å²) in [4.78, 5) is 15.3. The number of thiophene rings is 1. The second-order valence-corrected chi connectivity index (χ2v) is 4.62. The largest absolute Gasteiger partial charge is 0.493 e. The van der Waals surface area contributed by atoms with E-state index in [2.05, 4.69) is 4.98 Å². The highest BCUT2D eigenvalue weighted by Crippen LogP contribution is 2.31. The van der Waals surface area contributed by atoms with Crippen molar-refractivity contribution in [2.75, 3.05) is 14.2 Å². The van der Waals surface area contributed by atoms with E-state index < -0.39 is 5.97 Å². The first-order chi connectivity index (χ1) is 9.67. The third kappa shape index (κ3) is 2.83. The number of aromatic carboxylic acids is 1.